The summed E-state index contributed by atoms with van der Waals surface area (Å²) in [7, 11) is 0. The van der Waals surface area contributed by atoms with E-state index in [0.29, 0.717) is 18.3 Å². The third-order valence-electron chi connectivity index (χ3n) is 18.1. The van der Waals surface area contributed by atoms with Crippen molar-refractivity contribution in [3.63, 3.8) is 0 Å². The molecule has 0 aromatic rings. The van der Waals surface area contributed by atoms with E-state index in [2.05, 4.69) is 40.7 Å². The van der Waals surface area contributed by atoms with E-state index in [-0.39, 0.29) is 65.8 Å². The second-order valence-electron chi connectivity index (χ2n) is 20.6. The highest BCUT2D eigenvalue weighted by Crippen LogP contribution is 2.75. The molecule has 2 saturated heterocycles. The van der Waals surface area contributed by atoms with Crippen molar-refractivity contribution >= 4 is 0 Å². The lowest BCUT2D eigenvalue weighted by Gasteiger charge is -2.72. The summed E-state index contributed by atoms with van der Waals surface area (Å²) in [6.07, 6.45) is -4.11. The highest BCUT2D eigenvalue weighted by atomic mass is 16.7. The molecule has 2 aliphatic heterocycles. The number of aliphatic hydroxyl groups excluding tert-OH is 9. The monoisotopic (exact) mass is 796 g/mol. The minimum atomic E-state index is -1.59. The highest BCUT2D eigenvalue weighted by Gasteiger charge is 2.70. The van der Waals surface area contributed by atoms with Crippen LogP contribution in [0.5, 0.6) is 0 Å². The van der Waals surface area contributed by atoms with Crippen LogP contribution in [0.25, 0.3) is 0 Å². The lowest BCUT2D eigenvalue weighted by atomic mass is 9.33. The number of rotatable bonds is 8. The molecule has 56 heavy (non-hydrogen) atoms. The third kappa shape index (κ3) is 6.35. The normalized spacial score (nSPS) is 57.3. The molecule has 0 radical (unpaired) electrons. The van der Waals surface area contributed by atoms with Crippen molar-refractivity contribution in [1.82, 2.24) is 0 Å². The molecule has 0 amide bonds. The maximum Gasteiger partial charge on any atom is 0.186 e. The first-order valence-corrected chi connectivity index (χ1v) is 21.5. The quantitative estimate of drug-likeness (QED) is 0.161. The average Bonchev–Trinajstić information content (AvgIpc) is 3.17. The van der Waals surface area contributed by atoms with E-state index < -0.39 is 78.8 Å². The molecule has 2 heterocycles. The van der Waals surface area contributed by atoms with E-state index in [1.54, 1.807) is 6.92 Å². The maximum absolute atomic E-state index is 11.3. The molecule has 7 rings (SSSR count). The molecular formula is C43H72O13. The van der Waals surface area contributed by atoms with Gasteiger partial charge in [-0.25, -0.2) is 0 Å². The summed E-state index contributed by atoms with van der Waals surface area (Å²) >= 11 is 0. The number of hydrogen-bond donors (Lipinski definition) is 9. The number of aliphatic hydroxyl groups is 9. The lowest BCUT2D eigenvalue weighted by Crippen LogP contribution is -2.68. The molecule has 7 aliphatic rings. The summed E-state index contributed by atoms with van der Waals surface area (Å²) < 4.78 is 24.1. The molecule has 13 heteroatoms. The van der Waals surface area contributed by atoms with E-state index in [1.165, 1.54) is 5.57 Å². The van der Waals surface area contributed by atoms with Gasteiger partial charge in [-0.05, 0) is 97.2 Å². The first-order valence-electron chi connectivity index (χ1n) is 21.5. The highest BCUT2D eigenvalue weighted by molar-refractivity contribution is 5.34. The molecule has 22 unspecified atom stereocenters. The Morgan fingerprint density at radius 1 is 0.714 bits per heavy atom. The van der Waals surface area contributed by atoms with Crippen LogP contribution in [0.2, 0.25) is 0 Å². The smallest absolute Gasteiger partial charge is 0.186 e. The predicted octanol–water partition coefficient (Wildman–Crippen LogP) is 1.86. The summed E-state index contributed by atoms with van der Waals surface area (Å²) in [5, 5.41) is 96.9. The van der Waals surface area contributed by atoms with Crippen LogP contribution in [0.4, 0.5) is 0 Å². The number of hydrogen-bond acceptors (Lipinski definition) is 13. The zero-order valence-corrected chi connectivity index (χ0v) is 34.5. The Morgan fingerprint density at radius 2 is 1.38 bits per heavy atom. The molecule has 4 saturated carbocycles. The predicted molar refractivity (Wildman–Crippen MR) is 203 cm³/mol. The van der Waals surface area contributed by atoms with Crippen LogP contribution < -0.4 is 0 Å². The standard InChI is InChI=1S/C43H72O13/c1-21-10-13-43(20-54-38-35(51)33(49)32(48)27(56-38)18-53-37-34(50)31(47)23(3)26(17-44)55-37)15-14-41(6)24(30(43)22(21)2)8-9-29-39(4)16-25(46)36(52)40(5,19-45)28(39)11-12-42(29,41)7/h8,21-23,25-38,44-52H,9-20H2,1-7H3. The Balaban J connectivity index is 1.12. The van der Waals surface area contributed by atoms with Gasteiger partial charge in [0, 0.05) is 16.7 Å². The van der Waals surface area contributed by atoms with E-state index >= 15 is 0 Å². The molecule has 5 aliphatic carbocycles. The molecule has 9 N–H and O–H groups in total. The molecule has 6 fully saturated rings. The minimum Gasteiger partial charge on any atom is -0.396 e. The van der Waals surface area contributed by atoms with Gasteiger partial charge < -0.3 is 64.9 Å². The van der Waals surface area contributed by atoms with Crippen molar-refractivity contribution in [2.45, 2.75) is 167 Å². The topological polar surface area (TPSA) is 219 Å². The average molecular weight is 797 g/mol. The van der Waals surface area contributed by atoms with E-state index in [9.17, 15) is 46.0 Å². The van der Waals surface area contributed by atoms with Crippen LogP contribution in [-0.2, 0) is 18.9 Å². The summed E-state index contributed by atoms with van der Waals surface area (Å²) in [5.74, 6) is 0.831. The summed E-state index contributed by atoms with van der Waals surface area (Å²) in [6.45, 7) is 14.9. The number of allylic oxidation sites excluding steroid dienone is 2. The molecule has 0 aromatic carbocycles. The van der Waals surface area contributed by atoms with Gasteiger partial charge in [-0.15, -0.1) is 0 Å². The maximum atomic E-state index is 11.3. The number of fused-ring (bicyclic) bond motifs is 7. The first kappa shape index (κ1) is 43.3. The summed E-state index contributed by atoms with van der Waals surface area (Å²) in [5.41, 5.74) is -0.0345. The Hall–Kier alpha value is -0.780. The van der Waals surface area contributed by atoms with Gasteiger partial charge in [-0.3, -0.25) is 0 Å². The zero-order valence-electron chi connectivity index (χ0n) is 34.5. The molecule has 13 nitrogen and oxygen atoms in total. The fraction of sp³-hybridized carbons (Fsp3) is 0.953. The second kappa shape index (κ2) is 15.3. The zero-order chi connectivity index (χ0) is 40.9. The summed E-state index contributed by atoms with van der Waals surface area (Å²) in [4.78, 5) is 0. The van der Waals surface area contributed by atoms with E-state index in [4.69, 9.17) is 18.9 Å². The van der Waals surface area contributed by atoms with Crippen LogP contribution in [-0.4, -0.2) is 140 Å². The molecule has 0 spiro atoms. The SMILES string of the molecule is CC1CCC2(COC3OC(COC4OC(CO)C(C)C(O)C4O)C(O)C(O)C3O)CCC3(C)C(=CCC4C5(C)CC(O)C(O)C(C)(CO)C5CCC43C)C2C1C. The van der Waals surface area contributed by atoms with Gasteiger partial charge in [0.2, 0.25) is 0 Å². The Labute approximate surface area is 332 Å². The third-order valence-corrected chi connectivity index (χ3v) is 18.1. The molecular weight excluding hydrogens is 724 g/mol. The van der Waals surface area contributed by atoms with Crippen molar-refractivity contribution in [1.29, 1.82) is 0 Å². The van der Waals surface area contributed by atoms with Gasteiger partial charge in [0.05, 0.1) is 50.8 Å². The Bertz CT molecular complexity index is 1450. The fourth-order valence-corrected chi connectivity index (χ4v) is 14.1. The van der Waals surface area contributed by atoms with Gasteiger partial charge >= 0.3 is 0 Å². The van der Waals surface area contributed by atoms with Crippen molar-refractivity contribution in [3.8, 4) is 0 Å². The lowest BCUT2D eigenvalue weighted by molar-refractivity contribution is -0.331. The van der Waals surface area contributed by atoms with Crippen molar-refractivity contribution < 1.29 is 64.9 Å². The molecule has 0 bridgehead atoms. The van der Waals surface area contributed by atoms with Gasteiger partial charge in [-0.2, -0.15) is 0 Å². The van der Waals surface area contributed by atoms with Crippen molar-refractivity contribution in [2.75, 3.05) is 26.4 Å². The van der Waals surface area contributed by atoms with Crippen LogP contribution in [0.15, 0.2) is 11.6 Å². The van der Waals surface area contributed by atoms with Crippen LogP contribution in [0.3, 0.4) is 0 Å². The summed E-state index contributed by atoms with van der Waals surface area (Å²) in [6, 6.07) is 0. The van der Waals surface area contributed by atoms with Gasteiger partial charge in [0.1, 0.15) is 30.5 Å². The molecule has 22 atom stereocenters. The van der Waals surface area contributed by atoms with E-state index in [1.807, 2.05) is 6.92 Å². The Kier molecular flexibility index (Phi) is 11.8. The Morgan fingerprint density at radius 3 is 2.05 bits per heavy atom. The van der Waals surface area contributed by atoms with Crippen LogP contribution in [0.1, 0.15) is 99.8 Å². The first-order chi connectivity index (χ1) is 26.2. The van der Waals surface area contributed by atoms with Crippen LogP contribution >= 0.6 is 0 Å². The second-order valence-corrected chi connectivity index (χ2v) is 20.6. The molecule has 0 aromatic heterocycles. The fourth-order valence-electron chi connectivity index (χ4n) is 14.1. The van der Waals surface area contributed by atoms with E-state index in [0.717, 1.165) is 44.9 Å². The number of ether oxygens (including phenoxy) is 4. The van der Waals surface area contributed by atoms with Gasteiger partial charge in [0.15, 0.2) is 12.6 Å². The molecule has 322 valence electrons. The van der Waals surface area contributed by atoms with Crippen molar-refractivity contribution in [2.24, 2.45) is 62.6 Å². The minimum absolute atomic E-state index is 0.0782. The van der Waals surface area contributed by atoms with Crippen LogP contribution in [0, 0.1) is 62.6 Å². The van der Waals surface area contributed by atoms with Gasteiger partial charge in [0.25, 0.3) is 0 Å². The van der Waals surface area contributed by atoms with Gasteiger partial charge in [-0.1, -0.05) is 60.1 Å². The largest absolute Gasteiger partial charge is 0.396 e. The van der Waals surface area contributed by atoms with Crippen molar-refractivity contribution in [3.05, 3.63) is 11.6 Å².